The van der Waals surface area contributed by atoms with Crippen molar-refractivity contribution in [1.82, 2.24) is 4.90 Å². The van der Waals surface area contributed by atoms with Crippen molar-refractivity contribution in [1.29, 1.82) is 0 Å². The van der Waals surface area contributed by atoms with E-state index in [4.69, 9.17) is 0 Å². The van der Waals surface area contributed by atoms with Gasteiger partial charge in [0.15, 0.2) is 0 Å². The lowest BCUT2D eigenvalue weighted by Crippen LogP contribution is -2.35. The monoisotopic (exact) mass is 735 g/mol. The van der Waals surface area contributed by atoms with Gasteiger partial charge in [-0.2, -0.15) is 26.3 Å². The van der Waals surface area contributed by atoms with Gasteiger partial charge in [0.05, 0.1) is 17.2 Å². The fraction of sp³-hybridized carbons (Fsp3) is 0.114. The van der Waals surface area contributed by atoms with Gasteiger partial charge in [-0.3, -0.25) is 4.79 Å². The lowest BCUT2D eigenvalue weighted by atomic mass is 9.87. The molecule has 7 aromatic carbocycles. The van der Waals surface area contributed by atoms with E-state index in [2.05, 4.69) is 6.07 Å². The van der Waals surface area contributed by atoms with Crippen molar-refractivity contribution in [2.75, 3.05) is 13.2 Å². The molecule has 0 aliphatic rings. The lowest BCUT2D eigenvalue weighted by Gasteiger charge is -2.34. The number of carbonyl (C=O) groups excluding carboxylic acids is 1. The highest BCUT2D eigenvalue weighted by atomic mass is 31.1. The molecule has 0 heterocycles. The van der Waals surface area contributed by atoms with Gasteiger partial charge in [0, 0.05) is 18.8 Å². The van der Waals surface area contributed by atoms with Crippen LogP contribution in [0.1, 0.15) is 33.1 Å². The van der Waals surface area contributed by atoms with Crippen LogP contribution in [0.25, 0.3) is 32.7 Å². The molecule has 9 heteroatoms. The zero-order valence-electron chi connectivity index (χ0n) is 28.4. The highest BCUT2D eigenvalue weighted by Crippen LogP contribution is 2.46. The molecule has 0 radical (unpaired) electrons. The first-order valence-electron chi connectivity index (χ1n) is 16.8. The molecule has 0 saturated carbocycles. The fourth-order valence-electron chi connectivity index (χ4n) is 6.92. The van der Waals surface area contributed by atoms with Crippen molar-refractivity contribution in [2.45, 2.75) is 18.4 Å². The molecule has 0 spiro atoms. The van der Waals surface area contributed by atoms with Gasteiger partial charge in [-0.15, -0.1) is 0 Å². The van der Waals surface area contributed by atoms with Crippen LogP contribution in [-0.4, -0.2) is 24.0 Å². The highest BCUT2D eigenvalue weighted by Gasteiger charge is 2.39. The second-order valence-electron chi connectivity index (χ2n) is 12.8. The zero-order chi connectivity index (χ0) is 37.3. The summed E-state index contributed by atoms with van der Waals surface area (Å²) in [5.41, 5.74) is -1.34. The fourth-order valence-corrected chi connectivity index (χ4v) is 9.49. The first-order chi connectivity index (χ1) is 25.4. The Balaban J connectivity index is 1.46. The van der Waals surface area contributed by atoms with Gasteiger partial charge in [-0.25, -0.2) is 0 Å². The van der Waals surface area contributed by atoms with E-state index in [0.717, 1.165) is 43.3 Å². The molecule has 1 amide bonds. The van der Waals surface area contributed by atoms with Crippen molar-refractivity contribution < 1.29 is 31.1 Å². The van der Waals surface area contributed by atoms with Crippen LogP contribution < -0.4 is 10.6 Å². The van der Waals surface area contributed by atoms with E-state index < -0.39 is 48.9 Å². The van der Waals surface area contributed by atoms with Crippen LogP contribution in [0.15, 0.2) is 158 Å². The Hall–Kier alpha value is -5.46. The maximum absolute atomic E-state index is 14.4. The number of alkyl halides is 6. The predicted octanol–water partition coefficient (Wildman–Crippen LogP) is 11.6. The van der Waals surface area contributed by atoms with Crippen molar-refractivity contribution in [3.05, 3.63) is 180 Å². The number of rotatable bonds is 8. The minimum atomic E-state index is -5.11. The number of fused-ring (bicyclic) bond motifs is 2. The molecule has 0 saturated heterocycles. The van der Waals surface area contributed by atoms with E-state index in [0.29, 0.717) is 23.9 Å². The Bertz CT molecular complexity index is 2280. The van der Waals surface area contributed by atoms with Crippen LogP contribution in [0.2, 0.25) is 0 Å². The van der Waals surface area contributed by atoms with Crippen LogP contribution in [0.4, 0.5) is 26.3 Å². The summed E-state index contributed by atoms with van der Waals surface area (Å²) < 4.78 is 83.9. The molecule has 1 atom stereocenters. The summed E-state index contributed by atoms with van der Waals surface area (Å²) >= 11 is 0. The van der Waals surface area contributed by atoms with E-state index >= 15 is 0 Å². The third-order valence-electron chi connectivity index (χ3n) is 9.47. The molecule has 0 fully saturated rings. The smallest absolute Gasteiger partial charge is 0.334 e. The Morgan fingerprint density at radius 3 is 1.55 bits per heavy atom. The van der Waals surface area contributed by atoms with Gasteiger partial charge < -0.3 is 4.90 Å². The van der Waals surface area contributed by atoms with Crippen LogP contribution in [0.3, 0.4) is 0 Å². The molecule has 0 aliphatic heterocycles. The van der Waals surface area contributed by atoms with E-state index in [1.165, 1.54) is 11.9 Å². The summed E-state index contributed by atoms with van der Waals surface area (Å²) in [6.07, 6.45) is -9.88. The van der Waals surface area contributed by atoms with E-state index in [1.54, 1.807) is 0 Å². The first kappa shape index (κ1) is 35.9. The molecular formula is C44H32F6NOP. The molecule has 7 rings (SSSR count). The van der Waals surface area contributed by atoms with Gasteiger partial charge in [0.25, 0.3) is 5.91 Å². The lowest BCUT2D eigenvalue weighted by molar-refractivity contribution is -0.143. The molecule has 0 N–H and O–H groups in total. The SMILES string of the molecule is CN(C(=O)c1cc(C(F)(F)F)cc(C(F)(F)F)c1)C(CP(c1ccccc1)c1ccccc1)c1ccccc1-c1c2ccccc2cc2ccccc12. The van der Waals surface area contributed by atoms with E-state index in [-0.39, 0.29) is 6.07 Å². The molecular weight excluding hydrogens is 703 g/mol. The number of nitrogens with zero attached hydrogens (tertiary/aromatic N) is 1. The second kappa shape index (κ2) is 14.5. The maximum atomic E-state index is 14.4. The minimum absolute atomic E-state index is 0.0409. The van der Waals surface area contributed by atoms with Crippen LogP contribution >= 0.6 is 7.92 Å². The molecule has 53 heavy (non-hydrogen) atoms. The van der Waals surface area contributed by atoms with Crippen LogP contribution in [-0.2, 0) is 12.4 Å². The van der Waals surface area contributed by atoms with E-state index in [9.17, 15) is 31.1 Å². The second-order valence-corrected chi connectivity index (χ2v) is 15.0. The highest BCUT2D eigenvalue weighted by molar-refractivity contribution is 7.73. The van der Waals surface area contributed by atoms with Crippen LogP contribution in [0.5, 0.6) is 0 Å². The average molecular weight is 736 g/mol. The van der Waals surface area contributed by atoms with Crippen molar-refractivity contribution in [3.8, 4) is 11.1 Å². The molecule has 266 valence electrons. The predicted molar refractivity (Wildman–Crippen MR) is 202 cm³/mol. The first-order valence-corrected chi connectivity index (χ1v) is 18.4. The molecule has 2 nitrogen and oxygen atoms in total. The Morgan fingerprint density at radius 1 is 0.585 bits per heavy atom. The van der Waals surface area contributed by atoms with Crippen molar-refractivity contribution in [2.24, 2.45) is 0 Å². The maximum Gasteiger partial charge on any atom is 0.416 e. The standard InChI is InChI=1S/C44H32F6NOP/c1-51(42(52)31-25-32(43(45,46)47)27-33(26-31)44(48,49)50)40(28-53(34-16-4-2-5-17-34)35-18-6-3-7-19-35)38-22-12-13-23-39(38)41-36-20-10-8-14-29(36)24-30-15-9-11-21-37(30)41/h2-27,40H,28H2,1H3. The third-order valence-corrected chi connectivity index (χ3v) is 12.0. The molecule has 0 bridgehead atoms. The van der Waals surface area contributed by atoms with Gasteiger partial charge in [-0.1, -0.05) is 133 Å². The number of carbonyl (C=O) groups is 1. The number of amides is 1. The minimum Gasteiger partial charge on any atom is -0.334 e. The van der Waals surface area contributed by atoms with Gasteiger partial charge >= 0.3 is 12.4 Å². The molecule has 1 unspecified atom stereocenters. The summed E-state index contributed by atoms with van der Waals surface area (Å²) in [4.78, 5) is 15.8. The molecule has 0 aromatic heterocycles. The summed E-state index contributed by atoms with van der Waals surface area (Å²) in [6, 6.07) is 45.4. The Morgan fingerprint density at radius 2 is 1.04 bits per heavy atom. The number of hydrogen-bond acceptors (Lipinski definition) is 1. The topological polar surface area (TPSA) is 20.3 Å². The average Bonchev–Trinajstić information content (AvgIpc) is 3.17. The zero-order valence-corrected chi connectivity index (χ0v) is 29.3. The molecule has 0 aliphatic carbocycles. The van der Waals surface area contributed by atoms with Gasteiger partial charge in [0.2, 0.25) is 0 Å². The third kappa shape index (κ3) is 7.42. The summed E-state index contributed by atoms with van der Waals surface area (Å²) in [5, 5.41) is 5.94. The molecule has 7 aromatic rings. The van der Waals surface area contributed by atoms with Crippen LogP contribution in [0, 0.1) is 0 Å². The van der Waals surface area contributed by atoms with Crippen molar-refractivity contribution >= 4 is 46.0 Å². The van der Waals surface area contributed by atoms with Gasteiger partial charge in [0.1, 0.15) is 0 Å². The van der Waals surface area contributed by atoms with Gasteiger partial charge in [-0.05, 0) is 81.0 Å². The summed E-state index contributed by atoms with van der Waals surface area (Å²) in [6.45, 7) is 0. The quantitative estimate of drug-likeness (QED) is 0.0865. The number of hydrogen-bond donors (Lipinski definition) is 0. The summed E-state index contributed by atoms with van der Waals surface area (Å²) in [7, 11) is 0.267. The Kier molecular flexibility index (Phi) is 9.84. The van der Waals surface area contributed by atoms with Crippen molar-refractivity contribution in [3.63, 3.8) is 0 Å². The van der Waals surface area contributed by atoms with E-state index in [1.807, 2.05) is 133 Å². The largest absolute Gasteiger partial charge is 0.416 e. The normalized spacial score (nSPS) is 12.7. The summed E-state index contributed by atoms with van der Waals surface area (Å²) in [5.74, 6) is -0.958. The number of halogens is 6. The number of benzene rings is 7. The Labute approximate surface area is 304 Å².